The first-order chi connectivity index (χ1) is 14.3. The van der Waals surface area contributed by atoms with E-state index in [0.717, 1.165) is 18.4 Å². The third kappa shape index (κ3) is 5.66. The Bertz CT molecular complexity index is 1230. The maximum atomic E-state index is 13.5. The molecule has 0 aliphatic heterocycles. The van der Waals surface area contributed by atoms with Crippen LogP contribution in [0.15, 0.2) is 23.1 Å². The van der Waals surface area contributed by atoms with E-state index in [9.17, 15) is 26.4 Å². The van der Waals surface area contributed by atoms with E-state index in [1.807, 2.05) is 0 Å². The lowest BCUT2D eigenvalue weighted by Gasteiger charge is -2.13. The van der Waals surface area contributed by atoms with Gasteiger partial charge in [0.05, 0.1) is 33.9 Å². The van der Waals surface area contributed by atoms with Crippen molar-refractivity contribution in [2.45, 2.75) is 37.3 Å². The predicted molar refractivity (Wildman–Crippen MR) is 109 cm³/mol. The predicted octanol–water partition coefficient (Wildman–Crippen LogP) is 4.00. The van der Waals surface area contributed by atoms with E-state index in [1.54, 1.807) is 6.92 Å². The van der Waals surface area contributed by atoms with Crippen LogP contribution >= 0.6 is 22.7 Å². The summed E-state index contributed by atoms with van der Waals surface area (Å²) < 4.78 is 63.9. The zero-order chi connectivity index (χ0) is 23.0. The van der Waals surface area contributed by atoms with E-state index in [-0.39, 0.29) is 18.4 Å². The van der Waals surface area contributed by atoms with Crippen molar-refractivity contribution in [3.8, 4) is 10.4 Å². The number of sulfone groups is 1. The number of carboxylic acid groups (broad SMARTS) is 1. The molecule has 0 spiro atoms. The van der Waals surface area contributed by atoms with Gasteiger partial charge in [-0.2, -0.15) is 13.2 Å². The fraction of sp³-hybridized carbons (Fsp3) is 0.333. The molecule has 3 rings (SSSR count). The van der Waals surface area contributed by atoms with Crippen molar-refractivity contribution < 1.29 is 31.5 Å². The van der Waals surface area contributed by atoms with Crippen LogP contribution in [0.2, 0.25) is 0 Å². The Morgan fingerprint density at radius 1 is 1.13 bits per heavy atom. The molecule has 2 heterocycles. The zero-order valence-electron chi connectivity index (χ0n) is 16.2. The number of aliphatic carboxylic acids is 1. The summed E-state index contributed by atoms with van der Waals surface area (Å²) >= 11 is 2.44. The Labute approximate surface area is 183 Å². The maximum absolute atomic E-state index is 13.5. The van der Waals surface area contributed by atoms with E-state index in [4.69, 9.17) is 5.11 Å². The number of hydrogen-bond donors (Lipinski definition) is 1. The SMILES string of the molecule is Cc1nc(Cc2nnc(CCC(=O)O)s2)sc1-c1ccc(S(C)(=O)=O)c(C(F)(F)F)c1. The standard InChI is InChI=1S/C18H16F3N3O4S3/c1-9-17(10-3-4-12(31(2,27)28)11(7-10)18(19,20)21)30-14(22-9)8-15-24-23-13(29-15)5-6-16(25)26/h3-4,7H,5-6,8H2,1-2H3,(H,25,26). The molecule has 0 amide bonds. The molecule has 0 unspecified atom stereocenters. The Balaban J connectivity index is 1.90. The summed E-state index contributed by atoms with van der Waals surface area (Å²) in [6, 6.07) is 3.13. The van der Waals surface area contributed by atoms with Crippen LogP contribution in [-0.2, 0) is 33.6 Å². The number of aryl methyl sites for hydroxylation is 2. The highest BCUT2D eigenvalue weighted by atomic mass is 32.2. The van der Waals surface area contributed by atoms with Gasteiger partial charge in [-0.25, -0.2) is 13.4 Å². The summed E-state index contributed by atoms with van der Waals surface area (Å²) in [5.74, 6) is -0.933. The number of alkyl halides is 3. The summed E-state index contributed by atoms with van der Waals surface area (Å²) in [4.78, 5) is 14.8. The van der Waals surface area contributed by atoms with Crippen LogP contribution < -0.4 is 0 Å². The van der Waals surface area contributed by atoms with E-state index in [0.29, 0.717) is 32.0 Å². The van der Waals surface area contributed by atoms with Crippen molar-refractivity contribution in [2.75, 3.05) is 6.26 Å². The summed E-state index contributed by atoms with van der Waals surface area (Å²) in [6.07, 6.45) is -3.57. The molecule has 0 aliphatic carbocycles. The van der Waals surface area contributed by atoms with Crippen molar-refractivity contribution >= 4 is 38.5 Å². The van der Waals surface area contributed by atoms with E-state index in [2.05, 4.69) is 15.2 Å². The molecule has 0 fully saturated rings. The number of carboxylic acids is 1. The molecule has 7 nitrogen and oxygen atoms in total. The first-order valence-electron chi connectivity index (χ1n) is 8.75. The zero-order valence-corrected chi connectivity index (χ0v) is 18.7. The fourth-order valence-corrected chi connectivity index (χ4v) is 5.71. The molecule has 0 radical (unpaired) electrons. The van der Waals surface area contributed by atoms with Crippen molar-refractivity contribution in [1.29, 1.82) is 0 Å². The largest absolute Gasteiger partial charge is 0.481 e. The van der Waals surface area contributed by atoms with Crippen molar-refractivity contribution in [3.05, 3.63) is 44.5 Å². The molecule has 0 saturated carbocycles. The number of thiazole rings is 1. The highest BCUT2D eigenvalue weighted by Crippen LogP contribution is 2.39. The van der Waals surface area contributed by atoms with Crippen LogP contribution in [0.4, 0.5) is 13.2 Å². The summed E-state index contributed by atoms with van der Waals surface area (Å²) in [5.41, 5.74) is -0.481. The van der Waals surface area contributed by atoms with Crippen LogP contribution in [0.1, 0.15) is 32.7 Å². The van der Waals surface area contributed by atoms with Crippen LogP contribution in [-0.4, -0.2) is 40.9 Å². The van der Waals surface area contributed by atoms with Gasteiger partial charge in [-0.1, -0.05) is 6.07 Å². The molecule has 0 aliphatic rings. The number of hydrogen-bond acceptors (Lipinski definition) is 8. The lowest BCUT2D eigenvalue weighted by Crippen LogP contribution is -2.12. The van der Waals surface area contributed by atoms with Crippen LogP contribution in [0.25, 0.3) is 10.4 Å². The minimum Gasteiger partial charge on any atom is -0.481 e. The second-order valence-corrected chi connectivity index (χ2v) is 10.9. The number of nitrogens with zero attached hydrogens (tertiary/aromatic N) is 3. The second-order valence-electron chi connectivity index (χ2n) is 6.66. The number of halogens is 3. The van der Waals surface area contributed by atoms with Crippen molar-refractivity contribution in [2.24, 2.45) is 0 Å². The minimum absolute atomic E-state index is 0.0554. The molecular formula is C18H16F3N3O4S3. The van der Waals surface area contributed by atoms with E-state index < -0.39 is 32.4 Å². The molecule has 166 valence electrons. The normalized spacial score (nSPS) is 12.3. The Morgan fingerprint density at radius 3 is 2.42 bits per heavy atom. The number of aromatic nitrogens is 3. The van der Waals surface area contributed by atoms with Crippen molar-refractivity contribution in [3.63, 3.8) is 0 Å². The third-order valence-electron chi connectivity index (χ3n) is 4.15. The summed E-state index contributed by atoms with van der Waals surface area (Å²) in [6.45, 7) is 1.66. The van der Waals surface area contributed by atoms with Gasteiger partial charge in [0.25, 0.3) is 0 Å². The summed E-state index contributed by atoms with van der Waals surface area (Å²) in [5, 5.41) is 18.5. The van der Waals surface area contributed by atoms with Gasteiger partial charge >= 0.3 is 12.1 Å². The smallest absolute Gasteiger partial charge is 0.417 e. The number of rotatable bonds is 7. The Hall–Kier alpha value is -2.38. The van der Waals surface area contributed by atoms with E-state index >= 15 is 0 Å². The first-order valence-corrected chi connectivity index (χ1v) is 12.3. The lowest BCUT2D eigenvalue weighted by molar-refractivity contribution is -0.140. The topological polar surface area (TPSA) is 110 Å². The van der Waals surface area contributed by atoms with Gasteiger partial charge in [0, 0.05) is 12.7 Å². The molecule has 1 aromatic carbocycles. The quantitative estimate of drug-likeness (QED) is 0.532. The first kappa shape index (κ1) is 23.3. The monoisotopic (exact) mass is 491 g/mol. The highest BCUT2D eigenvalue weighted by Gasteiger charge is 2.36. The van der Waals surface area contributed by atoms with Gasteiger partial charge in [-0.3, -0.25) is 4.79 Å². The fourth-order valence-electron chi connectivity index (χ4n) is 2.82. The van der Waals surface area contributed by atoms with Gasteiger partial charge in [0.2, 0.25) is 0 Å². The van der Waals surface area contributed by atoms with Gasteiger partial charge < -0.3 is 5.11 Å². The number of benzene rings is 1. The maximum Gasteiger partial charge on any atom is 0.417 e. The third-order valence-corrected chi connectivity index (χ3v) is 7.50. The Kier molecular flexibility index (Phi) is 6.48. The molecule has 2 aromatic heterocycles. The number of carbonyl (C=O) groups is 1. The molecular weight excluding hydrogens is 475 g/mol. The highest BCUT2D eigenvalue weighted by molar-refractivity contribution is 7.90. The van der Waals surface area contributed by atoms with Gasteiger partial charge in [-0.15, -0.1) is 32.9 Å². The Morgan fingerprint density at radius 2 is 1.81 bits per heavy atom. The molecule has 13 heteroatoms. The summed E-state index contributed by atoms with van der Waals surface area (Å²) in [7, 11) is -4.05. The molecule has 3 aromatic rings. The lowest BCUT2D eigenvalue weighted by atomic mass is 10.1. The molecule has 31 heavy (non-hydrogen) atoms. The molecule has 0 bridgehead atoms. The van der Waals surface area contributed by atoms with Crippen LogP contribution in [0.3, 0.4) is 0 Å². The van der Waals surface area contributed by atoms with Crippen molar-refractivity contribution in [1.82, 2.24) is 15.2 Å². The molecule has 0 atom stereocenters. The minimum atomic E-state index is -4.82. The second kappa shape index (κ2) is 8.63. The average molecular weight is 492 g/mol. The van der Waals surface area contributed by atoms with Gasteiger partial charge in [0.1, 0.15) is 15.0 Å². The average Bonchev–Trinajstić information content (AvgIpc) is 3.24. The van der Waals surface area contributed by atoms with Gasteiger partial charge in [-0.05, 0) is 24.6 Å². The van der Waals surface area contributed by atoms with Gasteiger partial charge in [0.15, 0.2) is 9.84 Å². The van der Waals surface area contributed by atoms with Crippen LogP contribution in [0, 0.1) is 6.92 Å². The molecule has 1 N–H and O–H groups in total. The van der Waals surface area contributed by atoms with Crippen LogP contribution in [0.5, 0.6) is 0 Å². The molecule has 0 saturated heterocycles. The van der Waals surface area contributed by atoms with E-state index in [1.165, 1.54) is 28.7 Å².